The number of alkyl halides is 3. The largest absolute Gasteiger partial charge is 0.411 e. The van der Waals surface area contributed by atoms with Gasteiger partial charge >= 0.3 is 6.18 Å². The fraction of sp³-hybridized carbons (Fsp3) is 0.786. The number of nitrogens with one attached hydrogen (secondary N) is 1. The van der Waals surface area contributed by atoms with Crippen LogP contribution in [0, 0.1) is 0 Å². The molecule has 132 valence electrons. The molecule has 0 aromatic heterocycles. The normalized spacial score (nSPS) is 11.8. The van der Waals surface area contributed by atoms with Gasteiger partial charge in [-0.3, -0.25) is 4.99 Å². The molecule has 0 aliphatic carbocycles. The number of hydrogen-bond acceptors (Lipinski definition) is 2. The summed E-state index contributed by atoms with van der Waals surface area (Å²) in [6, 6.07) is 0. The molecule has 8 heteroatoms. The summed E-state index contributed by atoms with van der Waals surface area (Å²) < 4.78 is 40.2. The molecule has 0 aliphatic heterocycles. The maximum absolute atomic E-state index is 11.9. The minimum atomic E-state index is -4.26. The second kappa shape index (κ2) is 14.1. The Morgan fingerprint density at radius 3 is 2.59 bits per heavy atom. The van der Waals surface area contributed by atoms with Gasteiger partial charge in [0.15, 0.2) is 5.96 Å². The van der Waals surface area contributed by atoms with E-state index in [2.05, 4.69) is 21.6 Å². The van der Waals surface area contributed by atoms with E-state index in [1.807, 2.05) is 24.9 Å². The number of guanidine groups is 1. The average Bonchev–Trinajstić information content (AvgIpc) is 2.40. The second-order valence-corrected chi connectivity index (χ2v) is 4.61. The fourth-order valence-corrected chi connectivity index (χ4v) is 1.59. The molecule has 0 fully saturated rings. The molecule has 0 aromatic rings. The SMILES string of the molecule is C=CCCCN(C)C(=NCCCOCC(F)(F)F)NCC.I. The number of nitrogens with zero attached hydrogens (tertiary/aromatic N) is 2. The van der Waals surface area contributed by atoms with E-state index < -0.39 is 12.8 Å². The van der Waals surface area contributed by atoms with Crippen molar-refractivity contribution < 1.29 is 17.9 Å². The summed E-state index contributed by atoms with van der Waals surface area (Å²) in [7, 11) is 1.94. The molecule has 0 aromatic carbocycles. The van der Waals surface area contributed by atoms with Crippen molar-refractivity contribution in [1.82, 2.24) is 10.2 Å². The van der Waals surface area contributed by atoms with E-state index in [1.165, 1.54) is 0 Å². The Labute approximate surface area is 148 Å². The van der Waals surface area contributed by atoms with E-state index >= 15 is 0 Å². The highest BCUT2D eigenvalue weighted by Gasteiger charge is 2.27. The summed E-state index contributed by atoms with van der Waals surface area (Å²) >= 11 is 0. The Bertz CT molecular complexity index is 312. The first kappa shape index (κ1) is 23.8. The molecule has 0 amide bonds. The smallest absolute Gasteiger partial charge is 0.372 e. The third-order valence-electron chi connectivity index (χ3n) is 2.57. The fourth-order valence-electron chi connectivity index (χ4n) is 1.59. The lowest BCUT2D eigenvalue weighted by Crippen LogP contribution is -2.39. The number of aliphatic imine (C=N–C) groups is 1. The molecule has 0 radical (unpaired) electrons. The van der Waals surface area contributed by atoms with Gasteiger partial charge in [0.25, 0.3) is 0 Å². The summed E-state index contributed by atoms with van der Waals surface area (Å²) in [4.78, 5) is 6.37. The number of hydrogen-bond donors (Lipinski definition) is 1. The third kappa shape index (κ3) is 14.4. The number of ether oxygens (including phenoxy) is 1. The average molecular weight is 437 g/mol. The third-order valence-corrected chi connectivity index (χ3v) is 2.57. The molecule has 0 saturated heterocycles. The van der Waals surface area contributed by atoms with Gasteiger partial charge in [-0.15, -0.1) is 30.6 Å². The van der Waals surface area contributed by atoms with Crippen LogP contribution in [-0.4, -0.2) is 56.9 Å². The zero-order chi connectivity index (χ0) is 16.1. The summed E-state index contributed by atoms with van der Waals surface area (Å²) in [6.07, 6.45) is -0.000926. The zero-order valence-corrected chi connectivity index (χ0v) is 15.6. The predicted molar refractivity (Wildman–Crippen MR) is 94.9 cm³/mol. The zero-order valence-electron chi connectivity index (χ0n) is 13.3. The molecule has 0 spiro atoms. The molecular formula is C14H27F3IN3O. The van der Waals surface area contributed by atoms with E-state index in [0.717, 1.165) is 31.9 Å². The lowest BCUT2D eigenvalue weighted by Gasteiger charge is -2.21. The Balaban J connectivity index is 0. The first-order valence-electron chi connectivity index (χ1n) is 7.15. The van der Waals surface area contributed by atoms with Crippen molar-refractivity contribution in [2.45, 2.75) is 32.4 Å². The first-order valence-corrected chi connectivity index (χ1v) is 7.15. The highest BCUT2D eigenvalue weighted by molar-refractivity contribution is 14.0. The second-order valence-electron chi connectivity index (χ2n) is 4.61. The van der Waals surface area contributed by atoms with Crippen molar-refractivity contribution in [3.8, 4) is 0 Å². The van der Waals surface area contributed by atoms with Crippen molar-refractivity contribution in [3.05, 3.63) is 12.7 Å². The van der Waals surface area contributed by atoms with E-state index in [0.29, 0.717) is 13.0 Å². The Morgan fingerprint density at radius 2 is 2.05 bits per heavy atom. The minimum absolute atomic E-state index is 0. The van der Waals surface area contributed by atoms with Crippen LogP contribution in [0.2, 0.25) is 0 Å². The molecule has 0 aliphatic rings. The van der Waals surface area contributed by atoms with Crippen LogP contribution in [0.4, 0.5) is 13.2 Å². The summed E-state index contributed by atoms with van der Waals surface area (Å²) in [5.41, 5.74) is 0. The van der Waals surface area contributed by atoms with Gasteiger partial charge in [0, 0.05) is 33.3 Å². The van der Waals surface area contributed by atoms with Gasteiger partial charge in [0.05, 0.1) is 0 Å². The van der Waals surface area contributed by atoms with Gasteiger partial charge in [-0.05, 0) is 26.2 Å². The van der Waals surface area contributed by atoms with E-state index in [1.54, 1.807) is 0 Å². The highest BCUT2D eigenvalue weighted by Crippen LogP contribution is 2.14. The summed E-state index contributed by atoms with van der Waals surface area (Å²) in [5.74, 6) is 0.761. The van der Waals surface area contributed by atoms with Crippen molar-refractivity contribution in [3.63, 3.8) is 0 Å². The Morgan fingerprint density at radius 1 is 1.36 bits per heavy atom. The molecule has 0 atom stereocenters. The molecule has 1 N–H and O–H groups in total. The van der Waals surface area contributed by atoms with E-state index in [9.17, 15) is 13.2 Å². The van der Waals surface area contributed by atoms with Crippen LogP contribution < -0.4 is 5.32 Å². The lowest BCUT2D eigenvalue weighted by atomic mass is 10.3. The van der Waals surface area contributed by atoms with Gasteiger partial charge in [0.1, 0.15) is 6.61 Å². The van der Waals surface area contributed by atoms with Gasteiger partial charge in [-0.1, -0.05) is 6.08 Å². The Hall–Kier alpha value is -0.510. The van der Waals surface area contributed by atoms with Crippen LogP contribution in [0.15, 0.2) is 17.6 Å². The predicted octanol–water partition coefficient (Wildman–Crippen LogP) is 3.44. The van der Waals surface area contributed by atoms with Crippen LogP contribution in [0.5, 0.6) is 0 Å². The van der Waals surface area contributed by atoms with Crippen molar-refractivity contribution in [1.29, 1.82) is 0 Å². The highest BCUT2D eigenvalue weighted by atomic mass is 127. The van der Waals surface area contributed by atoms with Crippen LogP contribution in [0.25, 0.3) is 0 Å². The molecule has 22 heavy (non-hydrogen) atoms. The van der Waals surface area contributed by atoms with Gasteiger partial charge in [-0.2, -0.15) is 13.2 Å². The Kier molecular flexibility index (Phi) is 15.2. The van der Waals surface area contributed by atoms with Crippen LogP contribution >= 0.6 is 24.0 Å². The maximum atomic E-state index is 11.9. The van der Waals surface area contributed by atoms with Gasteiger partial charge in [-0.25, -0.2) is 0 Å². The number of halogens is 4. The van der Waals surface area contributed by atoms with E-state index in [-0.39, 0.29) is 30.6 Å². The van der Waals surface area contributed by atoms with Crippen molar-refractivity contribution >= 4 is 29.9 Å². The molecule has 0 heterocycles. The van der Waals surface area contributed by atoms with Crippen LogP contribution in [0.3, 0.4) is 0 Å². The number of rotatable bonds is 10. The van der Waals surface area contributed by atoms with Crippen molar-refractivity contribution in [2.75, 3.05) is 39.9 Å². The first-order chi connectivity index (χ1) is 9.90. The standard InChI is InChI=1S/C14H26F3N3O.HI/c1-4-6-7-10-20(3)13(18-5-2)19-9-8-11-21-12-14(15,16)17;/h4H,1,5-12H2,2-3H3,(H,18,19);1H. The van der Waals surface area contributed by atoms with Crippen LogP contribution in [0.1, 0.15) is 26.2 Å². The minimum Gasteiger partial charge on any atom is -0.372 e. The van der Waals surface area contributed by atoms with Crippen LogP contribution in [-0.2, 0) is 4.74 Å². The maximum Gasteiger partial charge on any atom is 0.411 e. The quantitative estimate of drug-likeness (QED) is 0.187. The monoisotopic (exact) mass is 437 g/mol. The van der Waals surface area contributed by atoms with Gasteiger partial charge < -0.3 is 15.0 Å². The molecule has 0 bridgehead atoms. The topological polar surface area (TPSA) is 36.9 Å². The number of unbranched alkanes of at least 4 members (excludes halogenated alkanes) is 1. The van der Waals surface area contributed by atoms with Gasteiger partial charge in [0.2, 0.25) is 0 Å². The molecule has 0 rings (SSSR count). The molecule has 0 unspecified atom stereocenters. The molecule has 0 saturated carbocycles. The lowest BCUT2D eigenvalue weighted by molar-refractivity contribution is -0.173. The molecule has 4 nitrogen and oxygen atoms in total. The van der Waals surface area contributed by atoms with E-state index in [4.69, 9.17) is 0 Å². The van der Waals surface area contributed by atoms with Crippen molar-refractivity contribution in [2.24, 2.45) is 4.99 Å². The number of allylic oxidation sites excluding steroid dienone is 1. The molecular weight excluding hydrogens is 410 g/mol. The summed E-state index contributed by atoms with van der Waals surface area (Å²) in [6.45, 7) is 6.54. The summed E-state index contributed by atoms with van der Waals surface area (Å²) in [5, 5.41) is 3.15.